The lowest BCUT2D eigenvalue weighted by Crippen LogP contribution is -2.31. The normalized spacial score (nSPS) is 11.7. The topological polar surface area (TPSA) is 88.1 Å². The number of nitrogens with one attached hydrogen (secondary N) is 3. The molecule has 0 aliphatic heterocycles. The second-order valence-electron chi connectivity index (χ2n) is 6.01. The monoisotopic (exact) mass is 343 g/mol. The molecule has 3 N–H and O–H groups in total. The second kappa shape index (κ2) is 7.83. The third kappa shape index (κ3) is 4.59. The summed E-state index contributed by atoms with van der Waals surface area (Å²) >= 11 is 0. The van der Waals surface area contributed by atoms with Crippen LogP contribution in [0.5, 0.6) is 0 Å². The molecule has 0 saturated heterocycles. The molecule has 0 aliphatic carbocycles. The van der Waals surface area contributed by atoms with E-state index in [9.17, 15) is 9.59 Å². The number of nitrogens with zero attached hydrogens (tertiary/aromatic N) is 2. The van der Waals surface area contributed by atoms with Gasteiger partial charge in [-0.3, -0.25) is 9.48 Å². The average molecular weight is 343 g/mol. The van der Waals surface area contributed by atoms with Gasteiger partial charge in [0.15, 0.2) is 0 Å². The van der Waals surface area contributed by atoms with E-state index >= 15 is 0 Å². The van der Waals surface area contributed by atoms with Crippen LogP contribution in [-0.4, -0.2) is 21.7 Å². The molecule has 3 amide bonds. The molecule has 1 aromatic carbocycles. The van der Waals surface area contributed by atoms with Crippen molar-refractivity contribution < 1.29 is 9.59 Å². The molecule has 0 radical (unpaired) electrons. The first-order chi connectivity index (χ1) is 11.8. The molecular formula is C18H25N5O2. The summed E-state index contributed by atoms with van der Waals surface area (Å²) < 4.78 is 1.81. The van der Waals surface area contributed by atoms with Crippen LogP contribution < -0.4 is 16.0 Å². The molecular weight excluding hydrogens is 318 g/mol. The van der Waals surface area contributed by atoms with Crippen LogP contribution in [0.2, 0.25) is 0 Å². The van der Waals surface area contributed by atoms with Gasteiger partial charge in [0, 0.05) is 36.1 Å². The third-order valence-corrected chi connectivity index (χ3v) is 4.07. The van der Waals surface area contributed by atoms with Crippen molar-refractivity contribution in [3.05, 3.63) is 41.2 Å². The van der Waals surface area contributed by atoms with Gasteiger partial charge < -0.3 is 16.0 Å². The van der Waals surface area contributed by atoms with Crippen LogP contribution >= 0.6 is 0 Å². The largest absolute Gasteiger partial charge is 0.331 e. The summed E-state index contributed by atoms with van der Waals surface area (Å²) in [5, 5.41) is 12.9. The number of aromatic nitrogens is 2. The van der Waals surface area contributed by atoms with Crippen molar-refractivity contribution in [2.24, 2.45) is 7.05 Å². The number of urea groups is 1. The van der Waals surface area contributed by atoms with Crippen molar-refractivity contribution in [2.45, 2.75) is 40.2 Å². The number of benzene rings is 1. The van der Waals surface area contributed by atoms with Gasteiger partial charge in [-0.1, -0.05) is 13.0 Å². The third-order valence-electron chi connectivity index (χ3n) is 4.07. The number of carbonyl (C=O) groups excluding carboxylic acids is 2. The minimum atomic E-state index is -0.311. The van der Waals surface area contributed by atoms with Crippen molar-refractivity contribution in [1.29, 1.82) is 0 Å². The highest BCUT2D eigenvalue weighted by Crippen LogP contribution is 2.21. The van der Waals surface area contributed by atoms with Crippen molar-refractivity contribution in [1.82, 2.24) is 15.1 Å². The highest BCUT2D eigenvalue weighted by Gasteiger charge is 2.18. The fourth-order valence-corrected chi connectivity index (χ4v) is 2.78. The standard InChI is InChI=1S/C18H25N5O2/c1-6-16(24)20-14-8-7-9-15(10-14)21-18(25)19-11(2)17-12(3)22-23(5)13(17)4/h7-11H,6H2,1-5H3,(H,20,24)(H2,19,21,25). The molecule has 7 heteroatoms. The predicted octanol–water partition coefficient (Wildman–Crippen LogP) is 3.27. The van der Waals surface area contributed by atoms with E-state index in [2.05, 4.69) is 21.0 Å². The van der Waals surface area contributed by atoms with Gasteiger partial charge in [-0.05, 0) is 39.0 Å². The molecule has 2 rings (SSSR count). The summed E-state index contributed by atoms with van der Waals surface area (Å²) in [5.41, 5.74) is 4.20. The second-order valence-corrected chi connectivity index (χ2v) is 6.01. The summed E-state index contributed by atoms with van der Waals surface area (Å²) in [7, 11) is 1.88. The van der Waals surface area contributed by atoms with Crippen LogP contribution in [0.1, 0.15) is 43.3 Å². The van der Waals surface area contributed by atoms with Gasteiger partial charge in [-0.2, -0.15) is 5.10 Å². The minimum absolute atomic E-state index is 0.0715. The maximum atomic E-state index is 12.3. The Morgan fingerprint density at radius 1 is 1.20 bits per heavy atom. The Morgan fingerprint density at radius 3 is 2.40 bits per heavy atom. The molecule has 0 aliphatic rings. The summed E-state index contributed by atoms with van der Waals surface area (Å²) in [4.78, 5) is 23.7. The van der Waals surface area contributed by atoms with Gasteiger partial charge in [-0.25, -0.2) is 4.79 Å². The minimum Gasteiger partial charge on any atom is -0.331 e. The van der Waals surface area contributed by atoms with E-state index in [-0.39, 0.29) is 18.0 Å². The molecule has 0 fully saturated rings. The van der Waals surface area contributed by atoms with E-state index in [0.717, 1.165) is 17.0 Å². The number of carbonyl (C=O) groups is 2. The first-order valence-corrected chi connectivity index (χ1v) is 8.29. The zero-order valence-corrected chi connectivity index (χ0v) is 15.3. The molecule has 1 aromatic heterocycles. The zero-order chi connectivity index (χ0) is 18.6. The number of rotatable bonds is 5. The van der Waals surface area contributed by atoms with Gasteiger partial charge >= 0.3 is 6.03 Å². The molecule has 7 nitrogen and oxygen atoms in total. The summed E-state index contributed by atoms with van der Waals surface area (Å²) in [6.45, 7) is 7.62. The lowest BCUT2D eigenvalue weighted by Gasteiger charge is -2.16. The molecule has 1 atom stereocenters. The summed E-state index contributed by atoms with van der Waals surface area (Å²) in [6.07, 6.45) is 0.402. The van der Waals surface area contributed by atoms with E-state index < -0.39 is 0 Å². The summed E-state index contributed by atoms with van der Waals surface area (Å²) in [5.74, 6) is -0.0715. The number of hydrogen-bond acceptors (Lipinski definition) is 3. The zero-order valence-electron chi connectivity index (χ0n) is 15.3. The van der Waals surface area contributed by atoms with Crippen molar-refractivity contribution in [3.63, 3.8) is 0 Å². The smallest absolute Gasteiger partial charge is 0.319 e. The number of aryl methyl sites for hydroxylation is 2. The van der Waals surface area contributed by atoms with Crippen LogP contribution in [0.15, 0.2) is 24.3 Å². The molecule has 0 bridgehead atoms. The Kier molecular flexibility index (Phi) is 5.80. The highest BCUT2D eigenvalue weighted by molar-refractivity contribution is 5.93. The average Bonchev–Trinajstić information content (AvgIpc) is 2.79. The summed E-state index contributed by atoms with van der Waals surface area (Å²) in [6, 6.07) is 6.57. The first-order valence-electron chi connectivity index (χ1n) is 8.29. The van der Waals surface area contributed by atoms with E-state index in [1.165, 1.54) is 0 Å². The maximum absolute atomic E-state index is 12.3. The molecule has 134 valence electrons. The lowest BCUT2D eigenvalue weighted by atomic mass is 10.1. The first kappa shape index (κ1) is 18.5. The lowest BCUT2D eigenvalue weighted by molar-refractivity contribution is -0.115. The Hall–Kier alpha value is -2.83. The van der Waals surface area contributed by atoms with E-state index in [4.69, 9.17) is 0 Å². The molecule has 0 spiro atoms. The van der Waals surface area contributed by atoms with Gasteiger partial charge in [0.05, 0.1) is 11.7 Å². The molecule has 2 aromatic rings. The number of anilines is 2. The van der Waals surface area contributed by atoms with Crippen molar-refractivity contribution in [3.8, 4) is 0 Å². The van der Waals surface area contributed by atoms with E-state index in [0.29, 0.717) is 17.8 Å². The van der Waals surface area contributed by atoms with E-state index in [1.807, 2.05) is 27.8 Å². The maximum Gasteiger partial charge on any atom is 0.319 e. The SMILES string of the molecule is CCC(=O)Nc1cccc(NC(=O)NC(C)c2c(C)nn(C)c2C)c1. The fraction of sp³-hybridized carbons (Fsp3) is 0.389. The van der Waals surface area contributed by atoms with Crippen molar-refractivity contribution >= 4 is 23.3 Å². The van der Waals surface area contributed by atoms with Crippen LogP contribution in [0.25, 0.3) is 0 Å². The number of amides is 3. The number of hydrogen-bond donors (Lipinski definition) is 3. The van der Waals surface area contributed by atoms with E-state index in [1.54, 1.807) is 35.9 Å². The molecule has 1 unspecified atom stereocenters. The molecule has 0 saturated carbocycles. The van der Waals surface area contributed by atoms with Gasteiger partial charge in [0.1, 0.15) is 0 Å². The fourth-order valence-electron chi connectivity index (χ4n) is 2.78. The van der Waals surface area contributed by atoms with Crippen LogP contribution in [-0.2, 0) is 11.8 Å². The van der Waals surface area contributed by atoms with Gasteiger partial charge in [-0.15, -0.1) is 0 Å². The molecule has 25 heavy (non-hydrogen) atoms. The van der Waals surface area contributed by atoms with Crippen LogP contribution in [0.4, 0.5) is 16.2 Å². The molecule has 1 heterocycles. The van der Waals surface area contributed by atoms with Crippen LogP contribution in [0.3, 0.4) is 0 Å². The Balaban J connectivity index is 2.02. The Labute approximate surface area is 147 Å². The van der Waals surface area contributed by atoms with Crippen LogP contribution in [0, 0.1) is 13.8 Å². The Morgan fingerprint density at radius 2 is 1.84 bits per heavy atom. The Bertz CT molecular complexity index is 782. The predicted molar refractivity (Wildman–Crippen MR) is 98.6 cm³/mol. The quantitative estimate of drug-likeness (QED) is 0.778. The van der Waals surface area contributed by atoms with Gasteiger partial charge in [0.25, 0.3) is 0 Å². The highest BCUT2D eigenvalue weighted by atomic mass is 16.2. The van der Waals surface area contributed by atoms with Gasteiger partial charge in [0.2, 0.25) is 5.91 Å². The van der Waals surface area contributed by atoms with Crippen molar-refractivity contribution in [2.75, 3.05) is 10.6 Å².